The number of carbonyl (C=O) groups excluding carboxylic acids is 1. The van der Waals surface area contributed by atoms with Crippen LogP contribution in [0.1, 0.15) is 29.3 Å². The molecule has 2 aromatic carbocycles. The fraction of sp³-hybridized carbons (Fsp3) is 0.111. The molecule has 6 heteroatoms. The van der Waals surface area contributed by atoms with E-state index in [1.54, 1.807) is 24.3 Å². The molecule has 1 atom stereocenters. The number of halogens is 1. The number of benzene rings is 2. The lowest BCUT2D eigenvalue weighted by Gasteiger charge is -2.09. The summed E-state index contributed by atoms with van der Waals surface area (Å²) in [4.78, 5) is 20.1. The molecule has 4 rings (SSSR count). The first-order valence-electron chi connectivity index (χ1n) is 7.55. The lowest BCUT2D eigenvalue weighted by Crippen LogP contribution is -2.26. The van der Waals surface area contributed by atoms with E-state index in [4.69, 9.17) is 16.0 Å². The van der Waals surface area contributed by atoms with Crippen molar-refractivity contribution in [2.45, 2.75) is 13.0 Å². The largest absolute Gasteiger partial charge is 0.451 e. The second-order valence-electron chi connectivity index (χ2n) is 5.63. The van der Waals surface area contributed by atoms with E-state index in [0.29, 0.717) is 16.4 Å². The Kier molecular flexibility index (Phi) is 3.50. The highest BCUT2D eigenvalue weighted by atomic mass is 35.5. The van der Waals surface area contributed by atoms with Crippen molar-refractivity contribution in [2.75, 3.05) is 0 Å². The molecule has 0 fully saturated rings. The summed E-state index contributed by atoms with van der Waals surface area (Å²) in [5.74, 6) is 0.647. The van der Waals surface area contributed by atoms with E-state index in [1.165, 1.54) is 0 Å². The van der Waals surface area contributed by atoms with E-state index in [0.717, 1.165) is 16.4 Å². The van der Waals surface area contributed by atoms with E-state index in [1.807, 2.05) is 31.2 Å². The molecule has 0 saturated carbocycles. The molecule has 5 nitrogen and oxygen atoms in total. The van der Waals surface area contributed by atoms with E-state index in [2.05, 4.69) is 15.3 Å². The number of aromatic nitrogens is 2. The Morgan fingerprint density at radius 1 is 1.25 bits per heavy atom. The number of amides is 1. The van der Waals surface area contributed by atoms with Gasteiger partial charge < -0.3 is 14.7 Å². The minimum absolute atomic E-state index is 0.246. The van der Waals surface area contributed by atoms with Crippen molar-refractivity contribution in [2.24, 2.45) is 0 Å². The van der Waals surface area contributed by atoms with E-state index < -0.39 is 0 Å². The van der Waals surface area contributed by atoms with Gasteiger partial charge in [0.1, 0.15) is 11.4 Å². The average Bonchev–Trinajstić information content (AvgIpc) is 3.18. The van der Waals surface area contributed by atoms with Crippen molar-refractivity contribution in [1.29, 1.82) is 0 Å². The number of imidazole rings is 1. The standard InChI is InChI=1S/C18H14ClN3O2/c1-10(17-21-13-4-2-3-5-14(13)22-17)20-18(23)16-9-11-8-12(19)6-7-15(11)24-16/h2-10H,1H3,(H,20,23)(H,21,22). The van der Waals surface area contributed by atoms with Gasteiger partial charge in [-0.05, 0) is 43.3 Å². The van der Waals surface area contributed by atoms with Crippen molar-refractivity contribution < 1.29 is 9.21 Å². The zero-order chi connectivity index (χ0) is 16.7. The number of furan rings is 1. The van der Waals surface area contributed by atoms with Gasteiger partial charge in [-0.25, -0.2) is 4.98 Å². The van der Waals surface area contributed by atoms with Crippen LogP contribution in [0.2, 0.25) is 5.02 Å². The summed E-state index contributed by atoms with van der Waals surface area (Å²) in [7, 11) is 0. The summed E-state index contributed by atoms with van der Waals surface area (Å²) in [5.41, 5.74) is 2.43. The Hall–Kier alpha value is -2.79. The van der Waals surface area contributed by atoms with Gasteiger partial charge in [-0.3, -0.25) is 4.79 Å². The number of aromatic amines is 1. The fourth-order valence-electron chi connectivity index (χ4n) is 2.64. The topological polar surface area (TPSA) is 70.9 Å². The van der Waals surface area contributed by atoms with Crippen molar-refractivity contribution >= 4 is 39.5 Å². The van der Waals surface area contributed by atoms with Gasteiger partial charge in [-0.1, -0.05) is 23.7 Å². The molecule has 1 unspecified atom stereocenters. The summed E-state index contributed by atoms with van der Waals surface area (Å²) in [5, 5.41) is 4.29. The molecule has 0 saturated heterocycles. The first-order valence-corrected chi connectivity index (χ1v) is 7.92. The average molecular weight is 340 g/mol. The van der Waals surface area contributed by atoms with Crippen LogP contribution in [0.3, 0.4) is 0 Å². The lowest BCUT2D eigenvalue weighted by atomic mass is 10.2. The summed E-state index contributed by atoms with van der Waals surface area (Å²) in [6, 6.07) is 14.4. The molecule has 0 radical (unpaired) electrons. The Morgan fingerprint density at radius 3 is 2.92 bits per heavy atom. The monoisotopic (exact) mass is 339 g/mol. The van der Waals surface area contributed by atoms with Gasteiger partial charge in [0.25, 0.3) is 5.91 Å². The van der Waals surface area contributed by atoms with Gasteiger partial charge in [0.05, 0.1) is 17.1 Å². The summed E-state index contributed by atoms with van der Waals surface area (Å²) in [6.45, 7) is 1.87. The van der Waals surface area contributed by atoms with E-state index >= 15 is 0 Å². The molecule has 2 aromatic heterocycles. The summed E-state index contributed by atoms with van der Waals surface area (Å²) < 4.78 is 5.58. The molecule has 0 aliphatic carbocycles. The Labute approximate surface area is 142 Å². The lowest BCUT2D eigenvalue weighted by molar-refractivity contribution is 0.0912. The molecule has 24 heavy (non-hydrogen) atoms. The van der Waals surface area contributed by atoms with Gasteiger partial charge in [0, 0.05) is 10.4 Å². The highest BCUT2D eigenvalue weighted by Crippen LogP contribution is 2.23. The SMILES string of the molecule is CC(NC(=O)c1cc2cc(Cl)ccc2o1)c1nc2ccccc2[nH]1. The first-order chi connectivity index (χ1) is 11.6. The molecule has 120 valence electrons. The Morgan fingerprint density at radius 2 is 2.08 bits per heavy atom. The fourth-order valence-corrected chi connectivity index (χ4v) is 2.82. The van der Waals surface area contributed by atoms with Gasteiger partial charge in [0.15, 0.2) is 5.76 Å². The number of para-hydroxylation sites is 2. The number of fused-ring (bicyclic) bond motifs is 2. The smallest absolute Gasteiger partial charge is 0.287 e. The van der Waals surface area contributed by atoms with Crippen LogP contribution in [0.15, 0.2) is 52.9 Å². The first kappa shape index (κ1) is 14.8. The van der Waals surface area contributed by atoms with Crippen molar-refractivity contribution in [1.82, 2.24) is 15.3 Å². The van der Waals surface area contributed by atoms with Crippen LogP contribution in [-0.4, -0.2) is 15.9 Å². The number of rotatable bonds is 3. The number of carbonyl (C=O) groups is 1. The van der Waals surface area contributed by atoms with E-state index in [-0.39, 0.29) is 17.7 Å². The molecule has 1 amide bonds. The zero-order valence-corrected chi connectivity index (χ0v) is 13.6. The maximum Gasteiger partial charge on any atom is 0.287 e. The van der Waals surface area contributed by atoms with E-state index in [9.17, 15) is 4.79 Å². The van der Waals surface area contributed by atoms with Crippen LogP contribution in [0.5, 0.6) is 0 Å². The maximum atomic E-state index is 12.4. The third kappa shape index (κ3) is 2.63. The predicted molar refractivity (Wildman–Crippen MR) is 93.2 cm³/mol. The van der Waals surface area contributed by atoms with Crippen LogP contribution in [-0.2, 0) is 0 Å². The maximum absolute atomic E-state index is 12.4. The third-order valence-electron chi connectivity index (χ3n) is 3.87. The van der Waals surface area contributed by atoms with Crippen LogP contribution in [0.25, 0.3) is 22.0 Å². The van der Waals surface area contributed by atoms with Crippen LogP contribution >= 0.6 is 11.6 Å². The Balaban J connectivity index is 1.57. The quantitative estimate of drug-likeness (QED) is 0.579. The summed E-state index contributed by atoms with van der Waals surface area (Å²) in [6.07, 6.45) is 0. The molecule has 2 N–H and O–H groups in total. The van der Waals surface area contributed by atoms with Gasteiger partial charge in [-0.2, -0.15) is 0 Å². The van der Waals surface area contributed by atoms with Crippen molar-refractivity contribution in [3.05, 3.63) is 65.1 Å². The predicted octanol–water partition coefficient (Wildman–Crippen LogP) is 4.45. The minimum atomic E-state index is -0.296. The van der Waals surface area contributed by atoms with Crippen LogP contribution in [0, 0.1) is 0 Å². The molecule has 0 bridgehead atoms. The van der Waals surface area contributed by atoms with Gasteiger partial charge >= 0.3 is 0 Å². The number of nitrogens with zero attached hydrogens (tertiary/aromatic N) is 1. The highest BCUT2D eigenvalue weighted by Gasteiger charge is 2.18. The molecular weight excluding hydrogens is 326 g/mol. The third-order valence-corrected chi connectivity index (χ3v) is 4.10. The van der Waals surface area contributed by atoms with Crippen molar-refractivity contribution in [3.8, 4) is 0 Å². The minimum Gasteiger partial charge on any atom is -0.451 e. The van der Waals surface area contributed by atoms with Crippen LogP contribution < -0.4 is 5.32 Å². The number of hydrogen-bond donors (Lipinski definition) is 2. The number of H-pyrrole nitrogens is 1. The molecule has 0 aliphatic heterocycles. The molecule has 0 spiro atoms. The molecule has 0 aliphatic rings. The molecule has 4 aromatic rings. The molecular formula is C18H14ClN3O2. The second-order valence-corrected chi connectivity index (χ2v) is 6.06. The normalized spacial score (nSPS) is 12.6. The van der Waals surface area contributed by atoms with Crippen molar-refractivity contribution in [3.63, 3.8) is 0 Å². The molecule has 2 heterocycles. The van der Waals surface area contributed by atoms with Crippen LogP contribution in [0.4, 0.5) is 0 Å². The second kappa shape index (κ2) is 5.69. The number of nitrogens with one attached hydrogen (secondary N) is 2. The van der Waals surface area contributed by atoms with Gasteiger partial charge in [0.2, 0.25) is 0 Å². The highest BCUT2D eigenvalue weighted by molar-refractivity contribution is 6.31. The van der Waals surface area contributed by atoms with Gasteiger partial charge in [-0.15, -0.1) is 0 Å². The zero-order valence-electron chi connectivity index (χ0n) is 12.8. The summed E-state index contributed by atoms with van der Waals surface area (Å²) >= 11 is 5.96. The number of hydrogen-bond acceptors (Lipinski definition) is 3. The Bertz CT molecular complexity index is 1020.